The fourth-order valence-electron chi connectivity index (χ4n) is 2.66. The van der Waals surface area contributed by atoms with Gasteiger partial charge in [0.05, 0.1) is 6.04 Å². The van der Waals surface area contributed by atoms with Crippen LogP contribution in [0.4, 0.5) is 10.1 Å². The van der Waals surface area contributed by atoms with Gasteiger partial charge < -0.3 is 9.32 Å². The lowest BCUT2D eigenvalue weighted by atomic mass is 10.2. The summed E-state index contributed by atoms with van der Waals surface area (Å²) in [5.41, 5.74) is 1.07. The van der Waals surface area contributed by atoms with Gasteiger partial charge in [0, 0.05) is 38.8 Å². The van der Waals surface area contributed by atoms with Crippen molar-refractivity contribution in [3.05, 3.63) is 41.9 Å². The predicted octanol–water partition coefficient (Wildman–Crippen LogP) is 2.40. The molecule has 0 radical (unpaired) electrons. The Balaban J connectivity index is 1.61. The van der Waals surface area contributed by atoms with Crippen LogP contribution in [0.2, 0.25) is 0 Å². The Labute approximate surface area is 123 Å². The van der Waals surface area contributed by atoms with E-state index in [0.717, 1.165) is 31.9 Å². The maximum atomic E-state index is 13.0. The van der Waals surface area contributed by atoms with Gasteiger partial charge in [0.1, 0.15) is 5.82 Å². The van der Waals surface area contributed by atoms with E-state index in [1.54, 1.807) is 6.92 Å². The molecule has 0 spiro atoms. The Hall–Kier alpha value is -1.95. The molecule has 21 heavy (non-hydrogen) atoms. The van der Waals surface area contributed by atoms with Gasteiger partial charge >= 0.3 is 0 Å². The van der Waals surface area contributed by atoms with Crippen molar-refractivity contribution in [2.24, 2.45) is 0 Å². The number of piperazine rings is 1. The van der Waals surface area contributed by atoms with E-state index in [1.807, 2.05) is 12.1 Å². The van der Waals surface area contributed by atoms with E-state index in [0.29, 0.717) is 11.8 Å². The molecule has 1 aliphatic rings. The number of anilines is 1. The Kier molecular flexibility index (Phi) is 3.88. The zero-order valence-corrected chi connectivity index (χ0v) is 12.3. The number of halogens is 1. The molecule has 0 aliphatic carbocycles. The lowest BCUT2D eigenvalue weighted by molar-refractivity contribution is 0.172. The van der Waals surface area contributed by atoms with Gasteiger partial charge in [-0.15, -0.1) is 10.2 Å². The Morgan fingerprint density at radius 1 is 1.10 bits per heavy atom. The Morgan fingerprint density at radius 2 is 1.76 bits per heavy atom. The van der Waals surface area contributed by atoms with Gasteiger partial charge in [-0.05, 0) is 31.2 Å². The molecule has 1 aromatic carbocycles. The second-order valence-corrected chi connectivity index (χ2v) is 5.33. The van der Waals surface area contributed by atoms with Crippen molar-refractivity contribution >= 4 is 5.69 Å². The number of aryl methyl sites for hydroxylation is 1. The molecule has 0 bridgehead atoms. The van der Waals surface area contributed by atoms with E-state index in [-0.39, 0.29) is 11.9 Å². The molecule has 1 saturated heterocycles. The summed E-state index contributed by atoms with van der Waals surface area (Å²) in [7, 11) is 0. The molecular weight excluding hydrogens is 271 g/mol. The third-order valence-corrected chi connectivity index (χ3v) is 3.95. The number of hydrogen-bond donors (Lipinski definition) is 0. The summed E-state index contributed by atoms with van der Waals surface area (Å²) in [6.45, 7) is 7.53. The normalized spacial score (nSPS) is 18.0. The molecule has 1 aromatic heterocycles. The van der Waals surface area contributed by atoms with Crippen LogP contribution in [0.1, 0.15) is 24.7 Å². The first kappa shape index (κ1) is 14.0. The predicted molar refractivity (Wildman–Crippen MR) is 77.6 cm³/mol. The highest BCUT2D eigenvalue weighted by atomic mass is 19.1. The van der Waals surface area contributed by atoms with Gasteiger partial charge in [0.15, 0.2) is 0 Å². The fourth-order valence-corrected chi connectivity index (χ4v) is 2.66. The standard InChI is InChI=1S/C15H19FN4O/c1-11(15-18-17-12(2)21-15)19-7-9-20(10-8-19)14-5-3-13(16)4-6-14/h3-6,11H,7-10H2,1-2H3. The van der Waals surface area contributed by atoms with E-state index in [2.05, 4.69) is 26.9 Å². The van der Waals surface area contributed by atoms with Crippen LogP contribution < -0.4 is 4.90 Å². The summed E-state index contributed by atoms with van der Waals surface area (Å²) < 4.78 is 18.5. The third kappa shape index (κ3) is 3.05. The summed E-state index contributed by atoms with van der Waals surface area (Å²) >= 11 is 0. The molecule has 3 rings (SSSR count). The second-order valence-electron chi connectivity index (χ2n) is 5.33. The number of rotatable bonds is 3. The molecule has 1 atom stereocenters. The van der Waals surface area contributed by atoms with Crippen molar-refractivity contribution in [3.8, 4) is 0 Å². The molecule has 1 fully saturated rings. The fraction of sp³-hybridized carbons (Fsp3) is 0.467. The number of aromatic nitrogens is 2. The summed E-state index contributed by atoms with van der Waals surface area (Å²) in [6.07, 6.45) is 0. The zero-order valence-electron chi connectivity index (χ0n) is 12.3. The van der Waals surface area contributed by atoms with Crippen LogP contribution in [0.3, 0.4) is 0 Å². The molecule has 0 saturated carbocycles. The van der Waals surface area contributed by atoms with E-state index in [9.17, 15) is 4.39 Å². The lowest BCUT2D eigenvalue weighted by Crippen LogP contribution is -2.47. The van der Waals surface area contributed by atoms with Gasteiger partial charge in [0.2, 0.25) is 11.8 Å². The molecule has 5 nitrogen and oxygen atoms in total. The summed E-state index contributed by atoms with van der Waals surface area (Å²) in [5, 5.41) is 7.98. The first-order valence-electron chi connectivity index (χ1n) is 7.18. The number of hydrogen-bond acceptors (Lipinski definition) is 5. The SMILES string of the molecule is Cc1nnc(C(C)N2CCN(c3ccc(F)cc3)CC2)o1. The molecule has 1 unspecified atom stereocenters. The van der Waals surface area contributed by atoms with Gasteiger partial charge in [-0.2, -0.15) is 0 Å². The molecule has 1 aliphatic heterocycles. The largest absolute Gasteiger partial charge is 0.424 e. The first-order chi connectivity index (χ1) is 10.1. The zero-order chi connectivity index (χ0) is 14.8. The maximum absolute atomic E-state index is 13.0. The first-order valence-corrected chi connectivity index (χ1v) is 7.18. The van der Waals surface area contributed by atoms with Gasteiger partial charge in [0.25, 0.3) is 0 Å². The summed E-state index contributed by atoms with van der Waals surface area (Å²) in [4.78, 5) is 4.59. The van der Waals surface area contributed by atoms with E-state index < -0.39 is 0 Å². The van der Waals surface area contributed by atoms with Crippen molar-refractivity contribution in [3.63, 3.8) is 0 Å². The van der Waals surface area contributed by atoms with E-state index in [1.165, 1.54) is 12.1 Å². The highest BCUT2D eigenvalue weighted by Gasteiger charge is 2.25. The minimum Gasteiger partial charge on any atom is -0.424 e. The molecule has 6 heteroatoms. The van der Waals surface area contributed by atoms with Crippen molar-refractivity contribution < 1.29 is 8.81 Å². The summed E-state index contributed by atoms with van der Waals surface area (Å²) in [5.74, 6) is 1.07. The molecule has 2 aromatic rings. The second kappa shape index (κ2) is 5.81. The molecule has 112 valence electrons. The molecular formula is C15H19FN4O. The Morgan fingerprint density at radius 3 is 2.33 bits per heavy atom. The quantitative estimate of drug-likeness (QED) is 0.868. The molecule has 0 N–H and O–H groups in total. The van der Waals surface area contributed by atoms with Crippen molar-refractivity contribution in [1.29, 1.82) is 0 Å². The monoisotopic (exact) mass is 290 g/mol. The maximum Gasteiger partial charge on any atom is 0.233 e. The average molecular weight is 290 g/mol. The lowest BCUT2D eigenvalue weighted by Gasteiger charge is -2.38. The minimum absolute atomic E-state index is 0.126. The van der Waals surface area contributed by atoms with Gasteiger partial charge in [-0.1, -0.05) is 0 Å². The van der Waals surface area contributed by atoms with Crippen molar-refractivity contribution in [2.75, 3.05) is 31.1 Å². The third-order valence-electron chi connectivity index (χ3n) is 3.95. The van der Waals surface area contributed by atoms with Crippen LogP contribution in [-0.2, 0) is 0 Å². The summed E-state index contributed by atoms with van der Waals surface area (Å²) in [6, 6.07) is 6.80. The van der Waals surface area contributed by atoms with Crippen molar-refractivity contribution in [2.45, 2.75) is 19.9 Å². The highest BCUT2D eigenvalue weighted by Crippen LogP contribution is 2.23. The van der Waals surface area contributed by atoms with Crippen LogP contribution in [0.25, 0.3) is 0 Å². The molecule has 2 heterocycles. The van der Waals surface area contributed by atoms with Crippen LogP contribution in [0, 0.1) is 12.7 Å². The molecule has 0 amide bonds. The topological polar surface area (TPSA) is 45.4 Å². The highest BCUT2D eigenvalue weighted by molar-refractivity contribution is 5.46. The van der Waals surface area contributed by atoms with Crippen LogP contribution in [-0.4, -0.2) is 41.3 Å². The van der Waals surface area contributed by atoms with E-state index in [4.69, 9.17) is 4.42 Å². The average Bonchev–Trinajstić information content (AvgIpc) is 2.94. The van der Waals surface area contributed by atoms with Gasteiger partial charge in [-0.25, -0.2) is 4.39 Å². The van der Waals surface area contributed by atoms with Crippen LogP contribution in [0.15, 0.2) is 28.7 Å². The number of nitrogens with zero attached hydrogens (tertiary/aromatic N) is 4. The smallest absolute Gasteiger partial charge is 0.233 e. The van der Waals surface area contributed by atoms with E-state index >= 15 is 0 Å². The van der Waals surface area contributed by atoms with Crippen molar-refractivity contribution in [1.82, 2.24) is 15.1 Å². The Bertz CT molecular complexity index is 590. The minimum atomic E-state index is -0.197. The van der Waals surface area contributed by atoms with Gasteiger partial charge in [-0.3, -0.25) is 4.90 Å². The number of benzene rings is 1. The van der Waals surface area contributed by atoms with Crippen LogP contribution in [0.5, 0.6) is 0 Å². The van der Waals surface area contributed by atoms with Crippen LogP contribution >= 0.6 is 0 Å².